The van der Waals surface area contributed by atoms with Gasteiger partial charge in [-0.25, -0.2) is 4.79 Å². The van der Waals surface area contributed by atoms with Crippen molar-refractivity contribution in [1.82, 2.24) is 0 Å². The van der Waals surface area contributed by atoms with Crippen LogP contribution in [0.25, 0.3) is 0 Å². The van der Waals surface area contributed by atoms with E-state index >= 15 is 0 Å². The molecule has 0 heterocycles. The first-order valence-electron chi connectivity index (χ1n) is 8.11. The van der Waals surface area contributed by atoms with Gasteiger partial charge in [-0.3, -0.25) is 10.1 Å². The van der Waals surface area contributed by atoms with E-state index in [0.29, 0.717) is 0 Å². The lowest BCUT2D eigenvalue weighted by Gasteiger charge is -2.19. The molecule has 0 aromatic heterocycles. The molecule has 3 aromatic rings. The van der Waals surface area contributed by atoms with Gasteiger partial charge < -0.3 is 4.74 Å². The molecule has 1 atom stereocenters. The molecule has 0 saturated carbocycles. The van der Waals surface area contributed by atoms with Crippen LogP contribution < -0.4 is 0 Å². The zero-order valence-electron chi connectivity index (χ0n) is 14.2. The van der Waals surface area contributed by atoms with Crippen LogP contribution in [0.4, 0.5) is 5.69 Å². The van der Waals surface area contributed by atoms with Crippen molar-refractivity contribution < 1.29 is 14.5 Å². The molecule has 0 aliphatic carbocycles. The van der Waals surface area contributed by atoms with Crippen LogP contribution in [0.3, 0.4) is 0 Å². The van der Waals surface area contributed by atoms with Crippen molar-refractivity contribution >= 4 is 11.7 Å². The van der Waals surface area contributed by atoms with Crippen molar-refractivity contribution in [2.75, 3.05) is 0 Å². The molecule has 0 spiro atoms. The van der Waals surface area contributed by atoms with E-state index in [4.69, 9.17) is 4.74 Å². The molecule has 0 N–H and O–H groups in total. The van der Waals surface area contributed by atoms with E-state index < -0.39 is 17.0 Å². The summed E-state index contributed by atoms with van der Waals surface area (Å²) in [5.74, 6) is -0.533. The van der Waals surface area contributed by atoms with Gasteiger partial charge in [0.15, 0.2) is 6.10 Å². The van der Waals surface area contributed by atoms with E-state index in [1.807, 2.05) is 61.5 Å². The molecule has 3 rings (SSSR count). The van der Waals surface area contributed by atoms with Crippen LogP contribution in [0.15, 0.2) is 78.9 Å². The molecule has 0 radical (unpaired) electrons. The highest BCUT2D eigenvalue weighted by atomic mass is 16.6. The maximum Gasteiger partial charge on any atom is 0.339 e. The largest absolute Gasteiger partial charge is 0.449 e. The van der Waals surface area contributed by atoms with Gasteiger partial charge in [-0.05, 0) is 30.2 Å². The Morgan fingerprint density at radius 3 is 2.04 bits per heavy atom. The van der Waals surface area contributed by atoms with Gasteiger partial charge in [0, 0.05) is 12.1 Å². The third-order valence-electron chi connectivity index (χ3n) is 4.02. The summed E-state index contributed by atoms with van der Waals surface area (Å²) in [5, 5.41) is 10.7. The zero-order valence-corrected chi connectivity index (χ0v) is 14.2. The maximum absolute atomic E-state index is 12.6. The van der Waals surface area contributed by atoms with Crippen molar-refractivity contribution in [3.05, 3.63) is 111 Å². The third-order valence-corrected chi connectivity index (χ3v) is 4.02. The van der Waals surface area contributed by atoms with Gasteiger partial charge in [0.1, 0.15) is 0 Å². The quantitative estimate of drug-likeness (QED) is 0.376. The number of carbonyl (C=O) groups excluding carboxylic acids is 1. The van der Waals surface area contributed by atoms with Gasteiger partial charge in [0.05, 0.1) is 10.5 Å². The van der Waals surface area contributed by atoms with Crippen LogP contribution in [0, 0.1) is 17.0 Å². The van der Waals surface area contributed by atoms with Crippen LogP contribution in [0.2, 0.25) is 0 Å². The highest BCUT2D eigenvalue weighted by molar-refractivity contribution is 5.90. The number of hydrogen-bond acceptors (Lipinski definition) is 4. The zero-order chi connectivity index (χ0) is 18.5. The molecule has 1 unspecified atom stereocenters. The SMILES string of the molecule is Cc1ccc(C(OC(=O)c2ccc([N+](=O)[O-])cc2)c2ccccc2)cc1. The summed E-state index contributed by atoms with van der Waals surface area (Å²) < 4.78 is 5.74. The number of carbonyl (C=O) groups is 1. The molecule has 5 nitrogen and oxygen atoms in total. The van der Waals surface area contributed by atoms with Crippen LogP contribution in [-0.2, 0) is 4.74 Å². The Hall–Kier alpha value is -3.47. The summed E-state index contributed by atoms with van der Waals surface area (Å²) in [6.07, 6.45) is -0.556. The summed E-state index contributed by atoms with van der Waals surface area (Å²) in [6.45, 7) is 1.99. The smallest absolute Gasteiger partial charge is 0.339 e. The van der Waals surface area contributed by atoms with Crippen LogP contribution in [0.1, 0.15) is 33.2 Å². The van der Waals surface area contributed by atoms with Crippen LogP contribution in [0.5, 0.6) is 0 Å². The number of nitro groups is 1. The average molecular weight is 347 g/mol. The molecule has 3 aromatic carbocycles. The summed E-state index contributed by atoms with van der Waals surface area (Å²) in [5.41, 5.74) is 3.02. The van der Waals surface area contributed by atoms with Crippen LogP contribution in [-0.4, -0.2) is 10.9 Å². The minimum Gasteiger partial charge on any atom is -0.449 e. The van der Waals surface area contributed by atoms with E-state index in [0.717, 1.165) is 16.7 Å². The number of aryl methyl sites for hydroxylation is 1. The maximum atomic E-state index is 12.6. The molecule has 0 aliphatic heterocycles. The first kappa shape index (κ1) is 17.4. The molecule has 0 aliphatic rings. The second-order valence-corrected chi connectivity index (χ2v) is 5.91. The molecule has 0 fully saturated rings. The summed E-state index contributed by atoms with van der Waals surface area (Å²) >= 11 is 0. The van der Waals surface area contributed by atoms with Gasteiger partial charge in [-0.2, -0.15) is 0 Å². The number of rotatable bonds is 5. The normalized spacial score (nSPS) is 11.6. The van der Waals surface area contributed by atoms with Gasteiger partial charge in [0.25, 0.3) is 5.69 Å². The van der Waals surface area contributed by atoms with Crippen molar-refractivity contribution in [3.8, 4) is 0 Å². The van der Waals surface area contributed by atoms with Crippen molar-refractivity contribution in [1.29, 1.82) is 0 Å². The second-order valence-electron chi connectivity index (χ2n) is 5.91. The van der Waals surface area contributed by atoms with E-state index in [-0.39, 0.29) is 11.3 Å². The predicted octanol–water partition coefficient (Wildman–Crippen LogP) is 4.85. The number of hydrogen-bond donors (Lipinski definition) is 0. The van der Waals surface area contributed by atoms with E-state index in [1.54, 1.807) is 0 Å². The fraction of sp³-hybridized carbons (Fsp3) is 0.0952. The van der Waals surface area contributed by atoms with Crippen molar-refractivity contribution in [3.63, 3.8) is 0 Å². The monoisotopic (exact) mass is 347 g/mol. The fourth-order valence-corrected chi connectivity index (χ4v) is 2.59. The minimum absolute atomic E-state index is 0.0697. The fourth-order valence-electron chi connectivity index (χ4n) is 2.59. The highest BCUT2D eigenvalue weighted by Crippen LogP contribution is 2.27. The lowest BCUT2D eigenvalue weighted by Crippen LogP contribution is -2.13. The van der Waals surface area contributed by atoms with Gasteiger partial charge in [-0.15, -0.1) is 0 Å². The van der Waals surface area contributed by atoms with Crippen LogP contribution >= 0.6 is 0 Å². The molecular weight excluding hydrogens is 330 g/mol. The summed E-state index contributed by atoms with van der Waals surface area (Å²) in [6, 6.07) is 22.6. The van der Waals surface area contributed by atoms with Crippen molar-refractivity contribution in [2.24, 2.45) is 0 Å². The molecule has 5 heteroatoms. The molecule has 0 amide bonds. The third kappa shape index (κ3) is 3.95. The minimum atomic E-state index is -0.556. The molecule has 130 valence electrons. The molecule has 26 heavy (non-hydrogen) atoms. The van der Waals surface area contributed by atoms with Crippen molar-refractivity contribution in [2.45, 2.75) is 13.0 Å². The van der Waals surface area contributed by atoms with Gasteiger partial charge in [0.2, 0.25) is 0 Å². The number of nitrogens with zero attached hydrogens (tertiary/aromatic N) is 1. The number of benzene rings is 3. The second kappa shape index (κ2) is 7.61. The molecule has 0 saturated heterocycles. The van der Waals surface area contributed by atoms with Gasteiger partial charge in [-0.1, -0.05) is 60.2 Å². The summed E-state index contributed by atoms with van der Waals surface area (Å²) in [7, 11) is 0. The Bertz CT molecular complexity index is 903. The molecular formula is C21H17NO4. The van der Waals surface area contributed by atoms with E-state index in [9.17, 15) is 14.9 Å². The van der Waals surface area contributed by atoms with Gasteiger partial charge >= 0.3 is 5.97 Å². The number of non-ortho nitro benzene ring substituents is 1. The lowest BCUT2D eigenvalue weighted by atomic mass is 10.0. The first-order chi connectivity index (χ1) is 12.5. The number of nitro benzene ring substituents is 1. The Labute approximate surface area is 151 Å². The standard InChI is InChI=1S/C21H17NO4/c1-15-7-9-17(10-8-15)20(16-5-3-2-4-6-16)26-21(23)18-11-13-19(14-12-18)22(24)25/h2-14,20H,1H3. The number of ether oxygens (including phenoxy) is 1. The predicted molar refractivity (Wildman–Crippen MR) is 98.0 cm³/mol. The Kier molecular flexibility index (Phi) is 5.08. The number of esters is 1. The Balaban J connectivity index is 1.89. The lowest BCUT2D eigenvalue weighted by molar-refractivity contribution is -0.384. The Morgan fingerprint density at radius 2 is 1.46 bits per heavy atom. The highest BCUT2D eigenvalue weighted by Gasteiger charge is 2.20. The van der Waals surface area contributed by atoms with E-state index in [1.165, 1.54) is 24.3 Å². The van der Waals surface area contributed by atoms with E-state index in [2.05, 4.69) is 0 Å². The molecule has 0 bridgehead atoms. The first-order valence-corrected chi connectivity index (χ1v) is 8.11. The summed E-state index contributed by atoms with van der Waals surface area (Å²) in [4.78, 5) is 22.8. The topological polar surface area (TPSA) is 69.4 Å². The average Bonchev–Trinajstić information content (AvgIpc) is 2.67. The Morgan fingerprint density at radius 1 is 0.885 bits per heavy atom.